The van der Waals surface area contributed by atoms with Crippen molar-refractivity contribution < 1.29 is 8.78 Å². The molecule has 1 atom stereocenters. The fraction of sp³-hybridized carbons (Fsp3) is 0.188. The van der Waals surface area contributed by atoms with Gasteiger partial charge in [0.1, 0.15) is 17.5 Å². The summed E-state index contributed by atoms with van der Waals surface area (Å²) in [5.74, 6) is -0.0454. The van der Waals surface area contributed by atoms with Crippen LogP contribution >= 0.6 is 11.6 Å². The zero-order chi connectivity index (χ0) is 15.1. The van der Waals surface area contributed by atoms with Crippen molar-refractivity contribution in [2.75, 3.05) is 0 Å². The van der Waals surface area contributed by atoms with E-state index < -0.39 is 0 Å². The molecule has 1 unspecified atom stereocenters. The highest BCUT2D eigenvalue weighted by Gasteiger charge is 2.18. The van der Waals surface area contributed by atoms with Crippen LogP contribution in [0, 0.1) is 18.6 Å². The summed E-state index contributed by atoms with van der Waals surface area (Å²) in [6, 6.07) is 8.92. The molecule has 0 spiro atoms. The molecule has 0 N–H and O–H groups in total. The van der Waals surface area contributed by atoms with E-state index in [0.717, 1.165) is 16.8 Å². The first-order valence-corrected chi connectivity index (χ1v) is 6.99. The van der Waals surface area contributed by atoms with Gasteiger partial charge < -0.3 is 0 Å². The SMILES string of the molecule is Cc1cc(F)ccc1-n1c(C(C)Cl)nc2cc(F)ccc21. The maximum atomic E-state index is 13.4. The summed E-state index contributed by atoms with van der Waals surface area (Å²) >= 11 is 6.20. The Morgan fingerprint density at radius 3 is 2.43 bits per heavy atom. The first-order valence-electron chi connectivity index (χ1n) is 6.56. The van der Waals surface area contributed by atoms with E-state index in [1.165, 1.54) is 24.3 Å². The third-order valence-electron chi connectivity index (χ3n) is 3.40. The Morgan fingerprint density at radius 2 is 1.76 bits per heavy atom. The number of fused-ring (bicyclic) bond motifs is 1. The highest BCUT2D eigenvalue weighted by molar-refractivity contribution is 6.20. The number of nitrogens with zero attached hydrogens (tertiary/aromatic N) is 2. The van der Waals surface area contributed by atoms with Gasteiger partial charge in [-0.05, 0) is 49.7 Å². The Labute approximate surface area is 126 Å². The van der Waals surface area contributed by atoms with Crippen LogP contribution < -0.4 is 0 Å². The molecule has 5 heteroatoms. The summed E-state index contributed by atoms with van der Waals surface area (Å²) in [4.78, 5) is 4.41. The molecular formula is C16H13ClF2N2. The van der Waals surface area contributed by atoms with Crippen LogP contribution in [0.1, 0.15) is 23.7 Å². The van der Waals surface area contributed by atoms with E-state index in [-0.39, 0.29) is 17.0 Å². The van der Waals surface area contributed by atoms with Gasteiger partial charge in [0.25, 0.3) is 0 Å². The smallest absolute Gasteiger partial charge is 0.132 e. The average Bonchev–Trinajstić information content (AvgIpc) is 2.77. The number of alkyl halides is 1. The van der Waals surface area contributed by atoms with Gasteiger partial charge in [0, 0.05) is 6.07 Å². The van der Waals surface area contributed by atoms with E-state index in [0.29, 0.717) is 11.3 Å². The van der Waals surface area contributed by atoms with Gasteiger partial charge in [0.2, 0.25) is 0 Å². The van der Waals surface area contributed by atoms with Crippen LogP contribution in [0.25, 0.3) is 16.7 Å². The lowest BCUT2D eigenvalue weighted by Crippen LogP contribution is -2.04. The third kappa shape index (κ3) is 2.40. The predicted octanol–water partition coefficient (Wildman–Crippen LogP) is 4.91. The maximum Gasteiger partial charge on any atom is 0.132 e. The summed E-state index contributed by atoms with van der Waals surface area (Å²) in [7, 11) is 0. The van der Waals surface area contributed by atoms with Crippen LogP contribution in [0.2, 0.25) is 0 Å². The van der Waals surface area contributed by atoms with Crippen molar-refractivity contribution >= 4 is 22.6 Å². The Balaban J connectivity index is 2.36. The molecule has 21 heavy (non-hydrogen) atoms. The van der Waals surface area contributed by atoms with Crippen molar-refractivity contribution in [1.82, 2.24) is 9.55 Å². The highest BCUT2D eigenvalue weighted by Crippen LogP contribution is 2.30. The van der Waals surface area contributed by atoms with Crippen molar-refractivity contribution in [3.63, 3.8) is 0 Å². The van der Waals surface area contributed by atoms with Crippen molar-refractivity contribution in [2.24, 2.45) is 0 Å². The van der Waals surface area contributed by atoms with E-state index in [1.54, 1.807) is 19.1 Å². The molecule has 0 aliphatic carbocycles. The Morgan fingerprint density at radius 1 is 1.10 bits per heavy atom. The Hall–Kier alpha value is -1.94. The lowest BCUT2D eigenvalue weighted by Gasteiger charge is -2.13. The molecule has 2 nitrogen and oxygen atoms in total. The lowest BCUT2D eigenvalue weighted by molar-refractivity contribution is 0.626. The number of halogens is 3. The quantitative estimate of drug-likeness (QED) is 0.615. The minimum absolute atomic E-state index is 0.299. The largest absolute Gasteiger partial charge is 0.295 e. The molecule has 3 aromatic rings. The molecule has 1 heterocycles. The van der Waals surface area contributed by atoms with Crippen molar-refractivity contribution in [3.05, 3.63) is 59.4 Å². The van der Waals surface area contributed by atoms with Crippen LogP contribution in [0.3, 0.4) is 0 Å². The number of aryl methyl sites for hydroxylation is 1. The number of hydrogen-bond donors (Lipinski definition) is 0. The van der Waals surface area contributed by atoms with Gasteiger partial charge in [-0.1, -0.05) is 0 Å². The second-order valence-corrected chi connectivity index (χ2v) is 5.64. The minimum Gasteiger partial charge on any atom is -0.295 e. The fourth-order valence-corrected chi connectivity index (χ4v) is 2.61. The molecule has 0 saturated carbocycles. The van der Waals surface area contributed by atoms with E-state index in [9.17, 15) is 8.78 Å². The topological polar surface area (TPSA) is 17.8 Å². The summed E-state index contributed by atoms with van der Waals surface area (Å²) in [5, 5.41) is -0.357. The summed E-state index contributed by atoms with van der Waals surface area (Å²) in [6.45, 7) is 3.62. The van der Waals surface area contributed by atoms with Crippen molar-refractivity contribution in [2.45, 2.75) is 19.2 Å². The molecule has 0 radical (unpaired) electrons. The molecular weight excluding hydrogens is 294 g/mol. The molecule has 0 fully saturated rings. The molecule has 0 bridgehead atoms. The second-order valence-electron chi connectivity index (χ2n) is 4.99. The zero-order valence-corrected chi connectivity index (χ0v) is 12.3. The van der Waals surface area contributed by atoms with Crippen LogP contribution in [-0.4, -0.2) is 9.55 Å². The van der Waals surface area contributed by atoms with E-state index in [2.05, 4.69) is 4.98 Å². The van der Waals surface area contributed by atoms with Crippen molar-refractivity contribution in [3.8, 4) is 5.69 Å². The molecule has 0 aliphatic heterocycles. The van der Waals surface area contributed by atoms with E-state index in [4.69, 9.17) is 11.6 Å². The monoisotopic (exact) mass is 306 g/mol. The van der Waals surface area contributed by atoms with E-state index in [1.807, 2.05) is 11.5 Å². The predicted molar refractivity (Wildman–Crippen MR) is 80.0 cm³/mol. The fourth-order valence-electron chi connectivity index (χ4n) is 2.46. The van der Waals surface area contributed by atoms with Crippen molar-refractivity contribution in [1.29, 1.82) is 0 Å². The highest BCUT2D eigenvalue weighted by atomic mass is 35.5. The Kier molecular flexibility index (Phi) is 3.41. The van der Waals surface area contributed by atoms with Gasteiger partial charge >= 0.3 is 0 Å². The van der Waals surface area contributed by atoms with Gasteiger partial charge in [-0.3, -0.25) is 4.57 Å². The van der Waals surface area contributed by atoms with Gasteiger partial charge in [-0.2, -0.15) is 0 Å². The number of aromatic nitrogens is 2. The maximum absolute atomic E-state index is 13.4. The zero-order valence-electron chi connectivity index (χ0n) is 11.6. The summed E-state index contributed by atoms with van der Waals surface area (Å²) in [5.41, 5.74) is 2.82. The van der Waals surface area contributed by atoms with Crippen LogP contribution in [0.5, 0.6) is 0 Å². The van der Waals surface area contributed by atoms with Gasteiger partial charge in [-0.15, -0.1) is 11.6 Å². The molecule has 3 rings (SSSR count). The van der Waals surface area contributed by atoms with Gasteiger partial charge in [-0.25, -0.2) is 13.8 Å². The third-order valence-corrected chi connectivity index (χ3v) is 3.59. The molecule has 1 aromatic heterocycles. The normalized spacial score (nSPS) is 12.8. The van der Waals surface area contributed by atoms with Crippen LogP contribution in [0.15, 0.2) is 36.4 Å². The molecule has 0 aliphatic rings. The standard InChI is InChI=1S/C16H13ClF2N2/c1-9-7-11(18)3-5-14(9)21-15-6-4-12(19)8-13(15)20-16(21)10(2)17/h3-8,10H,1-2H3. The lowest BCUT2D eigenvalue weighted by atomic mass is 10.2. The number of hydrogen-bond acceptors (Lipinski definition) is 1. The number of rotatable bonds is 2. The minimum atomic E-state index is -0.357. The first-order chi connectivity index (χ1) is 9.97. The summed E-state index contributed by atoms with van der Waals surface area (Å²) < 4.78 is 28.5. The van der Waals surface area contributed by atoms with Crippen LogP contribution in [-0.2, 0) is 0 Å². The van der Waals surface area contributed by atoms with Gasteiger partial charge in [0.05, 0.1) is 22.1 Å². The molecule has 0 amide bonds. The molecule has 2 aromatic carbocycles. The molecule has 108 valence electrons. The van der Waals surface area contributed by atoms with Gasteiger partial charge in [0.15, 0.2) is 0 Å². The first kappa shape index (κ1) is 14.0. The number of benzene rings is 2. The summed E-state index contributed by atoms with van der Waals surface area (Å²) in [6.07, 6.45) is 0. The number of imidazole rings is 1. The Bertz CT molecular complexity index is 825. The van der Waals surface area contributed by atoms with Crippen LogP contribution in [0.4, 0.5) is 8.78 Å². The van der Waals surface area contributed by atoms with E-state index >= 15 is 0 Å². The molecule has 0 saturated heterocycles. The average molecular weight is 307 g/mol. The second kappa shape index (κ2) is 5.11.